The molecule has 3 nitrogen and oxygen atoms in total. The molecule has 0 bridgehead atoms. The highest BCUT2D eigenvalue weighted by Gasteiger charge is 2.10. The second-order valence-corrected chi connectivity index (χ2v) is 4.31. The van der Waals surface area contributed by atoms with Crippen molar-refractivity contribution in [3.8, 4) is 0 Å². The minimum atomic E-state index is 0.713. The molecule has 0 spiro atoms. The summed E-state index contributed by atoms with van der Waals surface area (Å²) in [6.45, 7) is 4.75. The van der Waals surface area contributed by atoms with Gasteiger partial charge < -0.3 is 14.8 Å². The van der Waals surface area contributed by atoms with Crippen molar-refractivity contribution in [2.45, 2.75) is 32.1 Å². The number of hydrogen-bond acceptors (Lipinski definition) is 3. The van der Waals surface area contributed by atoms with Gasteiger partial charge in [-0.05, 0) is 44.7 Å². The van der Waals surface area contributed by atoms with Gasteiger partial charge in [-0.25, -0.2) is 0 Å². The van der Waals surface area contributed by atoms with Crippen molar-refractivity contribution in [1.29, 1.82) is 0 Å². The van der Waals surface area contributed by atoms with E-state index in [1.54, 1.807) is 7.11 Å². The Hall–Kier alpha value is -0.120. The molecule has 0 amide bonds. The van der Waals surface area contributed by atoms with E-state index in [1.165, 1.54) is 45.2 Å². The van der Waals surface area contributed by atoms with Crippen molar-refractivity contribution < 1.29 is 9.47 Å². The van der Waals surface area contributed by atoms with Crippen molar-refractivity contribution in [2.75, 3.05) is 40.0 Å². The molecule has 0 aromatic rings. The van der Waals surface area contributed by atoms with E-state index < -0.39 is 0 Å². The molecule has 0 aliphatic carbocycles. The third-order valence-corrected chi connectivity index (χ3v) is 2.98. The number of hydrogen-bond donors (Lipinski definition) is 1. The highest BCUT2D eigenvalue weighted by atomic mass is 16.5. The van der Waals surface area contributed by atoms with Gasteiger partial charge in [0.1, 0.15) is 0 Å². The molecule has 1 aliphatic heterocycles. The summed E-state index contributed by atoms with van der Waals surface area (Å²) < 4.78 is 10.4. The molecule has 1 rings (SSSR count). The largest absolute Gasteiger partial charge is 0.382 e. The maximum absolute atomic E-state index is 5.45. The second kappa shape index (κ2) is 9.13. The van der Waals surface area contributed by atoms with Gasteiger partial charge in [0.25, 0.3) is 0 Å². The quantitative estimate of drug-likeness (QED) is 0.657. The Morgan fingerprint density at radius 1 is 1.20 bits per heavy atom. The Morgan fingerprint density at radius 3 is 3.00 bits per heavy atom. The summed E-state index contributed by atoms with van der Waals surface area (Å²) in [6.07, 6.45) is 6.63. The van der Waals surface area contributed by atoms with Gasteiger partial charge in [0.2, 0.25) is 0 Å². The molecule has 0 radical (unpaired) electrons. The summed E-state index contributed by atoms with van der Waals surface area (Å²) in [7, 11) is 1.71. The first-order valence-corrected chi connectivity index (χ1v) is 6.21. The lowest BCUT2D eigenvalue weighted by Crippen LogP contribution is -2.20. The van der Waals surface area contributed by atoms with Crippen LogP contribution in [0.4, 0.5) is 0 Å². The Balaban J connectivity index is 1.89. The van der Waals surface area contributed by atoms with E-state index in [0.717, 1.165) is 19.1 Å². The Kier molecular flexibility index (Phi) is 7.88. The van der Waals surface area contributed by atoms with Gasteiger partial charge in [-0.1, -0.05) is 6.42 Å². The van der Waals surface area contributed by atoms with E-state index in [1.807, 2.05) is 0 Å². The molecule has 0 aromatic heterocycles. The maximum atomic E-state index is 5.45. The van der Waals surface area contributed by atoms with Gasteiger partial charge in [-0.15, -0.1) is 0 Å². The standard InChI is InChI=1S/C12H25NO2/c1-14-9-10-15-8-4-6-12-5-2-3-7-13-11-12/h12-13H,2-11H2,1H3. The fraction of sp³-hybridized carbons (Fsp3) is 1.00. The van der Waals surface area contributed by atoms with Gasteiger partial charge in [-0.2, -0.15) is 0 Å². The smallest absolute Gasteiger partial charge is 0.0700 e. The van der Waals surface area contributed by atoms with Crippen LogP contribution in [0.5, 0.6) is 0 Å². The second-order valence-electron chi connectivity index (χ2n) is 4.31. The molecule has 1 heterocycles. The average molecular weight is 215 g/mol. The number of methoxy groups -OCH3 is 1. The molecule has 1 N–H and O–H groups in total. The first-order chi connectivity index (χ1) is 7.43. The van der Waals surface area contributed by atoms with Gasteiger partial charge in [0.15, 0.2) is 0 Å². The van der Waals surface area contributed by atoms with Crippen LogP contribution in [0.2, 0.25) is 0 Å². The van der Waals surface area contributed by atoms with Crippen molar-refractivity contribution in [3.63, 3.8) is 0 Å². The van der Waals surface area contributed by atoms with Gasteiger partial charge in [-0.3, -0.25) is 0 Å². The van der Waals surface area contributed by atoms with Crippen LogP contribution in [0.3, 0.4) is 0 Å². The maximum Gasteiger partial charge on any atom is 0.0700 e. The van der Waals surface area contributed by atoms with Crippen molar-refractivity contribution in [2.24, 2.45) is 5.92 Å². The highest BCUT2D eigenvalue weighted by molar-refractivity contribution is 4.67. The highest BCUT2D eigenvalue weighted by Crippen LogP contribution is 2.16. The van der Waals surface area contributed by atoms with Crippen LogP contribution in [0.25, 0.3) is 0 Å². The van der Waals surface area contributed by atoms with Crippen LogP contribution >= 0.6 is 0 Å². The zero-order chi connectivity index (χ0) is 10.8. The van der Waals surface area contributed by atoms with Crippen molar-refractivity contribution in [1.82, 2.24) is 5.32 Å². The summed E-state index contributed by atoms with van der Waals surface area (Å²) in [6, 6.07) is 0. The average Bonchev–Trinajstić information content (AvgIpc) is 2.52. The first kappa shape index (κ1) is 12.9. The minimum Gasteiger partial charge on any atom is -0.382 e. The van der Waals surface area contributed by atoms with E-state index >= 15 is 0 Å². The molecule has 0 saturated carbocycles. The predicted molar refractivity (Wildman–Crippen MR) is 62.1 cm³/mol. The van der Waals surface area contributed by atoms with Gasteiger partial charge in [0.05, 0.1) is 13.2 Å². The predicted octanol–water partition coefficient (Wildman–Crippen LogP) is 1.82. The number of rotatable bonds is 7. The summed E-state index contributed by atoms with van der Waals surface area (Å²) in [5.74, 6) is 0.874. The molecule has 1 saturated heterocycles. The lowest BCUT2D eigenvalue weighted by molar-refractivity contribution is 0.0671. The van der Waals surface area contributed by atoms with Crippen LogP contribution in [-0.4, -0.2) is 40.0 Å². The fourth-order valence-electron chi connectivity index (χ4n) is 2.06. The lowest BCUT2D eigenvalue weighted by Gasteiger charge is -2.13. The van der Waals surface area contributed by atoms with E-state index in [9.17, 15) is 0 Å². The zero-order valence-corrected chi connectivity index (χ0v) is 9.96. The summed E-state index contributed by atoms with van der Waals surface area (Å²) in [5.41, 5.74) is 0. The molecule has 1 fully saturated rings. The molecular weight excluding hydrogens is 190 g/mol. The first-order valence-electron chi connectivity index (χ1n) is 6.21. The normalized spacial score (nSPS) is 22.6. The van der Waals surface area contributed by atoms with Crippen molar-refractivity contribution in [3.05, 3.63) is 0 Å². The van der Waals surface area contributed by atoms with Crippen LogP contribution in [-0.2, 0) is 9.47 Å². The van der Waals surface area contributed by atoms with E-state index in [0.29, 0.717) is 6.61 Å². The molecule has 90 valence electrons. The molecule has 1 aliphatic rings. The number of ether oxygens (including phenoxy) is 2. The Labute approximate surface area is 93.5 Å². The van der Waals surface area contributed by atoms with Gasteiger partial charge >= 0.3 is 0 Å². The zero-order valence-electron chi connectivity index (χ0n) is 9.96. The van der Waals surface area contributed by atoms with E-state index in [4.69, 9.17) is 9.47 Å². The minimum absolute atomic E-state index is 0.713. The van der Waals surface area contributed by atoms with Crippen LogP contribution < -0.4 is 5.32 Å². The molecule has 1 atom stereocenters. The van der Waals surface area contributed by atoms with Crippen LogP contribution in [0.1, 0.15) is 32.1 Å². The molecular formula is C12H25NO2. The van der Waals surface area contributed by atoms with Crippen LogP contribution in [0, 0.1) is 5.92 Å². The SMILES string of the molecule is COCCOCCCC1CCCCNC1. The van der Waals surface area contributed by atoms with Crippen LogP contribution in [0.15, 0.2) is 0 Å². The third-order valence-electron chi connectivity index (χ3n) is 2.98. The lowest BCUT2D eigenvalue weighted by atomic mass is 9.98. The van der Waals surface area contributed by atoms with Crippen molar-refractivity contribution >= 4 is 0 Å². The molecule has 15 heavy (non-hydrogen) atoms. The molecule has 1 unspecified atom stereocenters. The summed E-state index contributed by atoms with van der Waals surface area (Å²) in [5, 5.41) is 3.50. The Bertz CT molecular complexity index is 134. The third kappa shape index (κ3) is 6.88. The van der Waals surface area contributed by atoms with Gasteiger partial charge in [0, 0.05) is 13.7 Å². The molecule has 3 heteroatoms. The Morgan fingerprint density at radius 2 is 2.13 bits per heavy atom. The molecule has 0 aromatic carbocycles. The summed E-state index contributed by atoms with van der Waals surface area (Å²) in [4.78, 5) is 0. The number of nitrogens with one attached hydrogen (secondary N) is 1. The van der Waals surface area contributed by atoms with E-state index in [-0.39, 0.29) is 0 Å². The fourth-order valence-corrected chi connectivity index (χ4v) is 2.06. The summed E-state index contributed by atoms with van der Waals surface area (Å²) >= 11 is 0. The topological polar surface area (TPSA) is 30.5 Å². The van der Waals surface area contributed by atoms with E-state index in [2.05, 4.69) is 5.32 Å². The monoisotopic (exact) mass is 215 g/mol.